The maximum atomic E-state index is 13.3. The van der Waals surface area contributed by atoms with Gasteiger partial charge in [0.05, 0.1) is 11.4 Å². The number of anilines is 1. The van der Waals surface area contributed by atoms with Crippen LogP contribution >= 0.6 is 0 Å². The minimum atomic E-state index is -3.72. The highest BCUT2D eigenvalue weighted by Crippen LogP contribution is 2.26. The summed E-state index contributed by atoms with van der Waals surface area (Å²) in [6.45, 7) is 5.30. The number of hydrogen-bond donors (Lipinski definition) is 0. The van der Waals surface area contributed by atoms with Crippen LogP contribution in [0.3, 0.4) is 0 Å². The van der Waals surface area contributed by atoms with Gasteiger partial charge in [-0.25, -0.2) is 8.42 Å². The highest BCUT2D eigenvalue weighted by atomic mass is 32.2. The van der Waals surface area contributed by atoms with Gasteiger partial charge in [-0.15, -0.1) is 0 Å². The normalized spacial score (nSPS) is 18.6. The summed E-state index contributed by atoms with van der Waals surface area (Å²) in [5.74, 6) is 0.331. The van der Waals surface area contributed by atoms with Gasteiger partial charge in [0.1, 0.15) is 0 Å². The van der Waals surface area contributed by atoms with Crippen LogP contribution in [-0.4, -0.2) is 67.8 Å². The largest absolute Gasteiger partial charge is 0.371 e. The summed E-state index contributed by atoms with van der Waals surface area (Å²) >= 11 is 0. The summed E-state index contributed by atoms with van der Waals surface area (Å²) in [6.07, 6.45) is 5.66. The third-order valence-electron chi connectivity index (χ3n) is 7.01. The number of sulfonamides is 1. The molecule has 0 saturated carbocycles. The van der Waals surface area contributed by atoms with Crippen molar-refractivity contribution in [2.45, 2.75) is 24.7 Å². The average molecular weight is 479 g/mol. The number of amides is 1. The highest BCUT2D eigenvalue weighted by Gasteiger charge is 2.34. The van der Waals surface area contributed by atoms with E-state index in [-0.39, 0.29) is 17.3 Å². The number of fused-ring (bicyclic) bond motifs is 1. The lowest BCUT2D eigenvalue weighted by atomic mass is 9.95. The molecule has 1 aromatic heterocycles. The lowest BCUT2D eigenvalue weighted by Gasteiger charge is -2.38. The predicted octanol–water partition coefficient (Wildman–Crippen LogP) is 3.29. The van der Waals surface area contributed by atoms with Crippen LogP contribution in [0, 0.1) is 12.8 Å². The molecule has 0 spiro atoms. The quantitative estimate of drug-likeness (QED) is 0.563. The molecule has 0 atom stereocenters. The van der Waals surface area contributed by atoms with Gasteiger partial charge >= 0.3 is 0 Å². The van der Waals surface area contributed by atoms with E-state index in [0.717, 1.165) is 42.3 Å². The Morgan fingerprint density at radius 2 is 1.62 bits per heavy atom. The van der Waals surface area contributed by atoms with Crippen molar-refractivity contribution in [2.24, 2.45) is 5.92 Å². The zero-order chi connectivity index (χ0) is 23.7. The van der Waals surface area contributed by atoms with Crippen molar-refractivity contribution in [1.82, 2.24) is 14.2 Å². The summed E-state index contributed by atoms with van der Waals surface area (Å²) in [7, 11) is -3.72. The standard InChI is InChI=1S/C26H30N4O3S/c1-20-2-3-23-17-25(5-4-22(23)16-20)34(32,33)30-15-14-29(26(31)19-30)18-21-8-12-28(13-9-21)24-6-10-27-11-7-24/h2-7,10-11,16-17,21H,8-9,12-15,18-19H2,1H3. The van der Waals surface area contributed by atoms with E-state index in [1.807, 2.05) is 60.6 Å². The third kappa shape index (κ3) is 4.65. The van der Waals surface area contributed by atoms with Crippen molar-refractivity contribution in [3.63, 3.8) is 0 Å². The molecule has 0 aliphatic carbocycles. The maximum Gasteiger partial charge on any atom is 0.243 e. The van der Waals surface area contributed by atoms with Crippen LogP contribution in [0.25, 0.3) is 10.8 Å². The Morgan fingerprint density at radius 3 is 2.35 bits per heavy atom. The number of carbonyl (C=O) groups excluding carboxylic acids is 1. The first-order valence-corrected chi connectivity index (χ1v) is 13.3. The highest BCUT2D eigenvalue weighted by molar-refractivity contribution is 7.89. The monoisotopic (exact) mass is 478 g/mol. The fraction of sp³-hybridized carbons (Fsp3) is 0.385. The van der Waals surface area contributed by atoms with Crippen LogP contribution < -0.4 is 4.90 Å². The molecule has 3 aromatic rings. The Kier molecular flexibility index (Phi) is 6.27. The number of carbonyl (C=O) groups is 1. The summed E-state index contributed by atoms with van der Waals surface area (Å²) in [5.41, 5.74) is 2.32. The minimum Gasteiger partial charge on any atom is -0.371 e. The van der Waals surface area contributed by atoms with E-state index in [1.165, 1.54) is 9.99 Å². The Hall–Kier alpha value is -2.97. The van der Waals surface area contributed by atoms with Crippen molar-refractivity contribution in [3.8, 4) is 0 Å². The van der Waals surface area contributed by atoms with Crippen molar-refractivity contribution in [1.29, 1.82) is 0 Å². The molecule has 2 aliphatic rings. The van der Waals surface area contributed by atoms with Crippen LogP contribution in [0.1, 0.15) is 18.4 Å². The molecule has 8 heteroatoms. The molecule has 178 valence electrons. The number of piperazine rings is 1. The molecule has 7 nitrogen and oxygen atoms in total. The zero-order valence-electron chi connectivity index (χ0n) is 19.4. The van der Waals surface area contributed by atoms with Gasteiger partial charge in [-0.3, -0.25) is 9.78 Å². The molecule has 2 fully saturated rings. The van der Waals surface area contributed by atoms with Gasteiger partial charge in [-0.05, 0) is 60.7 Å². The Morgan fingerprint density at radius 1 is 0.912 bits per heavy atom. The van der Waals surface area contributed by atoms with Crippen LogP contribution in [-0.2, 0) is 14.8 Å². The smallest absolute Gasteiger partial charge is 0.243 e. The lowest BCUT2D eigenvalue weighted by molar-refractivity contribution is -0.134. The summed E-state index contributed by atoms with van der Waals surface area (Å²) in [6, 6.07) is 15.2. The van der Waals surface area contributed by atoms with Gasteiger partial charge in [0, 0.05) is 50.8 Å². The van der Waals surface area contributed by atoms with Gasteiger partial charge in [-0.2, -0.15) is 4.31 Å². The number of aryl methyl sites for hydroxylation is 1. The Balaban J connectivity index is 1.19. The molecule has 0 bridgehead atoms. The average Bonchev–Trinajstić information content (AvgIpc) is 2.86. The first-order chi connectivity index (χ1) is 16.4. The third-order valence-corrected chi connectivity index (χ3v) is 8.85. The van der Waals surface area contributed by atoms with Crippen LogP contribution in [0.5, 0.6) is 0 Å². The molecular formula is C26H30N4O3S. The molecule has 2 aromatic carbocycles. The summed E-state index contributed by atoms with van der Waals surface area (Å²) < 4.78 is 27.8. The Bertz CT molecular complexity index is 1290. The number of pyridine rings is 1. The van der Waals surface area contributed by atoms with Gasteiger partial charge < -0.3 is 9.80 Å². The van der Waals surface area contributed by atoms with E-state index >= 15 is 0 Å². The summed E-state index contributed by atoms with van der Waals surface area (Å²) in [4.78, 5) is 21.4. The van der Waals surface area contributed by atoms with Gasteiger partial charge in [0.25, 0.3) is 0 Å². The molecule has 2 saturated heterocycles. The van der Waals surface area contributed by atoms with Crippen molar-refractivity contribution in [3.05, 3.63) is 66.5 Å². The lowest BCUT2D eigenvalue weighted by Crippen LogP contribution is -2.53. The fourth-order valence-corrected chi connectivity index (χ4v) is 6.39. The van der Waals surface area contributed by atoms with Crippen molar-refractivity contribution < 1.29 is 13.2 Å². The number of rotatable bonds is 5. The SMILES string of the molecule is Cc1ccc2cc(S(=O)(=O)N3CCN(CC4CCN(c5ccncc5)CC4)C(=O)C3)ccc2c1. The van der Waals surface area contributed by atoms with Gasteiger partial charge in [0.15, 0.2) is 0 Å². The molecule has 2 aliphatic heterocycles. The fourth-order valence-electron chi connectivity index (χ4n) is 4.98. The van der Waals surface area contributed by atoms with E-state index in [0.29, 0.717) is 25.6 Å². The summed E-state index contributed by atoms with van der Waals surface area (Å²) in [5, 5.41) is 1.89. The van der Waals surface area contributed by atoms with E-state index in [4.69, 9.17) is 0 Å². The number of piperidine rings is 1. The molecule has 3 heterocycles. The number of hydrogen-bond acceptors (Lipinski definition) is 5. The second-order valence-electron chi connectivity index (χ2n) is 9.33. The van der Waals surface area contributed by atoms with E-state index < -0.39 is 10.0 Å². The molecule has 34 heavy (non-hydrogen) atoms. The Labute approximate surface area is 201 Å². The predicted molar refractivity (Wildman–Crippen MR) is 133 cm³/mol. The van der Waals surface area contributed by atoms with Crippen LogP contribution in [0.15, 0.2) is 65.8 Å². The number of nitrogens with zero attached hydrogens (tertiary/aromatic N) is 4. The van der Waals surface area contributed by atoms with Gasteiger partial charge in [0.2, 0.25) is 15.9 Å². The topological polar surface area (TPSA) is 73.8 Å². The zero-order valence-corrected chi connectivity index (χ0v) is 20.2. The first kappa shape index (κ1) is 22.8. The second kappa shape index (κ2) is 9.35. The maximum absolute atomic E-state index is 13.3. The number of benzene rings is 2. The molecule has 0 radical (unpaired) electrons. The van der Waals surface area contributed by atoms with Gasteiger partial charge in [-0.1, -0.05) is 29.8 Å². The van der Waals surface area contributed by atoms with Crippen LogP contribution in [0.2, 0.25) is 0 Å². The van der Waals surface area contributed by atoms with E-state index in [9.17, 15) is 13.2 Å². The van der Waals surface area contributed by atoms with Crippen LogP contribution in [0.4, 0.5) is 5.69 Å². The molecule has 0 unspecified atom stereocenters. The van der Waals surface area contributed by atoms with Crippen molar-refractivity contribution >= 4 is 32.4 Å². The molecular weight excluding hydrogens is 448 g/mol. The van der Waals surface area contributed by atoms with Crippen molar-refractivity contribution in [2.75, 3.05) is 44.2 Å². The molecule has 0 N–H and O–H groups in total. The molecule has 1 amide bonds. The minimum absolute atomic E-state index is 0.0931. The van der Waals surface area contributed by atoms with E-state index in [2.05, 4.69) is 9.88 Å². The first-order valence-electron chi connectivity index (χ1n) is 11.8. The number of aromatic nitrogens is 1. The van der Waals surface area contributed by atoms with E-state index in [1.54, 1.807) is 12.1 Å². The molecule has 5 rings (SSSR count). The second-order valence-corrected chi connectivity index (χ2v) is 11.3.